The van der Waals surface area contributed by atoms with Crippen LogP contribution in [0.4, 0.5) is 4.79 Å². The number of aryl methyl sites for hydroxylation is 2. The topological polar surface area (TPSA) is 78.9 Å². The first-order chi connectivity index (χ1) is 15.4. The summed E-state index contributed by atoms with van der Waals surface area (Å²) in [7, 11) is 0. The highest BCUT2D eigenvalue weighted by Crippen LogP contribution is 2.32. The Morgan fingerprint density at radius 1 is 1.03 bits per heavy atom. The number of nitrogens with one attached hydrogen (secondary N) is 1. The number of ether oxygens (including phenoxy) is 1. The Labute approximate surface area is 186 Å². The Hall–Kier alpha value is -3.38. The fraction of sp³-hybridized carbons (Fsp3) is 0.308. The molecule has 1 saturated heterocycles. The molecule has 6 nitrogen and oxygen atoms in total. The number of nitrogens with zero attached hydrogens (tertiary/aromatic N) is 1. The first-order valence-electron chi connectivity index (χ1n) is 11.0. The number of aliphatic hydroxyl groups excluding tert-OH is 1. The summed E-state index contributed by atoms with van der Waals surface area (Å²) >= 11 is 0. The molecule has 32 heavy (non-hydrogen) atoms. The van der Waals surface area contributed by atoms with Gasteiger partial charge >= 0.3 is 6.03 Å². The average Bonchev–Trinajstić information content (AvgIpc) is 3.36. The third-order valence-corrected chi connectivity index (χ3v) is 6.51. The van der Waals surface area contributed by atoms with Crippen LogP contribution in [-0.4, -0.2) is 41.2 Å². The molecule has 0 bridgehead atoms. The molecular weight excluding hydrogens is 404 g/mol. The molecule has 5 rings (SSSR count). The zero-order valence-electron chi connectivity index (χ0n) is 18.0. The highest BCUT2D eigenvalue weighted by molar-refractivity contribution is 6.07. The predicted molar refractivity (Wildman–Crippen MR) is 122 cm³/mol. The maximum absolute atomic E-state index is 13.2. The molecule has 164 valence electrons. The molecule has 2 atom stereocenters. The zero-order chi connectivity index (χ0) is 22.3. The standard InChI is InChI=1S/C26H26N2O4/c1-26(21-11-9-18-7-4-8-19(18)13-21)24(30)28(25(31)27-26)15-22(29)16-32-23-12-10-17-5-2-3-6-20(17)14-23/h2-3,5-6,9-14,22,29H,4,7-8,15-16H2,1H3,(H,27,31). The van der Waals surface area contributed by atoms with Gasteiger partial charge in [-0.05, 0) is 65.8 Å². The summed E-state index contributed by atoms with van der Waals surface area (Å²) in [6.07, 6.45) is 2.17. The fourth-order valence-corrected chi connectivity index (χ4v) is 4.65. The number of aliphatic hydroxyl groups is 1. The van der Waals surface area contributed by atoms with Crippen LogP contribution in [0.25, 0.3) is 10.8 Å². The number of imide groups is 1. The van der Waals surface area contributed by atoms with Crippen LogP contribution in [0.15, 0.2) is 60.7 Å². The second kappa shape index (κ2) is 7.95. The molecule has 2 N–H and O–H groups in total. The van der Waals surface area contributed by atoms with Gasteiger partial charge in [-0.3, -0.25) is 9.69 Å². The lowest BCUT2D eigenvalue weighted by Crippen LogP contribution is -2.42. The number of hydrogen-bond acceptors (Lipinski definition) is 4. The van der Waals surface area contributed by atoms with Crippen LogP contribution in [0.5, 0.6) is 5.75 Å². The molecule has 0 spiro atoms. The van der Waals surface area contributed by atoms with Gasteiger partial charge in [0, 0.05) is 0 Å². The molecule has 1 aliphatic carbocycles. The van der Waals surface area contributed by atoms with Crippen LogP contribution in [0, 0.1) is 0 Å². The molecule has 6 heteroatoms. The molecule has 0 saturated carbocycles. The molecule has 2 aliphatic rings. The largest absolute Gasteiger partial charge is 0.491 e. The van der Waals surface area contributed by atoms with Crippen molar-refractivity contribution in [3.8, 4) is 5.75 Å². The van der Waals surface area contributed by atoms with Gasteiger partial charge in [0.2, 0.25) is 0 Å². The van der Waals surface area contributed by atoms with Gasteiger partial charge in [-0.25, -0.2) is 4.79 Å². The minimum Gasteiger partial charge on any atom is -0.491 e. The summed E-state index contributed by atoms with van der Waals surface area (Å²) in [6.45, 7) is 1.58. The first kappa shape index (κ1) is 20.5. The number of benzene rings is 3. The highest BCUT2D eigenvalue weighted by atomic mass is 16.5. The van der Waals surface area contributed by atoms with Gasteiger partial charge in [0.05, 0.1) is 6.54 Å². The monoisotopic (exact) mass is 430 g/mol. The Morgan fingerprint density at radius 2 is 1.81 bits per heavy atom. The molecular formula is C26H26N2O4. The Kier molecular flexibility index (Phi) is 5.10. The van der Waals surface area contributed by atoms with Crippen molar-refractivity contribution in [2.45, 2.75) is 37.8 Å². The molecule has 1 aliphatic heterocycles. The molecule has 3 aromatic rings. The summed E-state index contributed by atoms with van der Waals surface area (Å²) in [5.74, 6) is 0.271. The second-order valence-electron chi connectivity index (χ2n) is 8.78. The van der Waals surface area contributed by atoms with E-state index in [1.165, 1.54) is 11.1 Å². The number of fused-ring (bicyclic) bond motifs is 2. The number of carbonyl (C=O) groups is 2. The number of amides is 3. The highest BCUT2D eigenvalue weighted by Gasteiger charge is 2.49. The van der Waals surface area contributed by atoms with Crippen molar-refractivity contribution in [2.24, 2.45) is 0 Å². The molecule has 0 radical (unpaired) electrons. The molecule has 3 aromatic carbocycles. The van der Waals surface area contributed by atoms with Crippen LogP contribution < -0.4 is 10.1 Å². The molecule has 2 unspecified atom stereocenters. The lowest BCUT2D eigenvalue weighted by molar-refractivity contribution is -0.132. The van der Waals surface area contributed by atoms with E-state index in [1.54, 1.807) is 6.92 Å². The summed E-state index contributed by atoms with van der Waals surface area (Å²) in [5.41, 5.74) is 2.20. The number of carbonyl (C=O) groups excluding carboxylic acids is 2. The van der Waals surface area contributed by atoms with Crippen LogP contribution in [0.1, 0.15) is 30.0 Å². The van der Waals surface area contributed by atoms with Gasteiger partial charge in [-0.2, -0.15) is 0 Å². The van der Waals surface area contributed by atoms with E-state index in [1.807, 2.05) is 54.6 Å². The minimum absolute atomic E-state index is 0.0229. The number of β-amino-alcohol motifs (C(OH)–C–C–N with tert-alkyl or cyclic N) is 1. The van der Waals surface area contributed by atoms with E-state index in [9.17, 15) is 14.7 Å². The average molecular weight is 431 g/mol. The van der Waals surface area contributed by atoms with E-state index < -0.39 is 17.7 Å². The van der Waals surface area contributed by atoms with E-state index >= 15 is 0 Å². The van der Waals surface area contributed by atoms with Gasteiger partial charge < -0.3 is 15.2 Å². The van der Waals surface area contributed by atoms with Gasteiger partial charge in [0.25, 0.3) is 5.91 Å². The normalized spacial score (nSPS) is 21.0. The SMILES string of the molecule is CC1(c2ccc3c(c2)CCC3)NC(=O)N(CC(O)COc2ccc3ccccc3c2)C1=O. The third kappa shape index (κ3) is 3.60. The van der Waals surface area contributed by atoms with Gasteiger partial charge in [-0.15, -0.1) is 0 Å². The maximum Gasteiger partial charge on any atom is 0.325 e. The third-order valence-electron chi connectivity index (χ3n) is 6.51. The van der Waals surface area contributed by atoms with Crippen molar-refractivity contribution < 1.29 is 19.4 Å². The lowest BCUT2D eigenvalue weighted by Gasteiger charge is -2.24. The van der Waals surface area contributed by atoms with Crippen molar-refractivity contribution >= 4 is 22.7 Å². The van der Waals surface area contributed by atoms with Crippen LogP contribution in [0.2, 0.25) is 0 Å². The number of hydrogen-bond donors (Lipinski definition) is 2. The lowest BCUT2D eigenvalue weighted by atomic mass is 9.89. The van der Waals surface area contributed by atoms with Gasteiger partial charge in [0.1, 0.15) is 24.0 Å². The van der Waals surface area contributed by atoms with E-state index in [4.69, 9.17) is 4.74 Å². The van der Waals surface area contributed by atoms with Gasteiger partial charge in [0.15, 0.2) is 0 Å². The summed E-state index contributed by atoms with van der Waals surface area (Å²) < 4.78 is 5.72. The quantitative estimate of drug-likeness (QED) is 0.587. The van der Waals surface area contributed by atoms with E-state index in [-0.39, 0.29) is 19.1 Å². The van der Waals surface area contributed by atoms with E-state index in [2.05, 4.69) is 11.4 Å². The first-order valence-corrected chi connectivity index (χ1v) is 11.0. The van der Waals surface area contributed by atoms with Crippen LogP contribution in [-0.2, 0) is 23.2 Å². The Morgan fingerprint density at radius 3 is 2.66 bits per heavy atom. The second-order valence-corrected chi connectivity index (χ2v) is 8.78. The van der Waals surface area contributed by atoms with Crippen molar-refractivity contribution in [3.63, 3.8) is 0 Å². The summed E-state index contributed by atoms with van der Waals surface area (Å²) in [5, 5.41) is 15.5. The van der Waals surface area contributed by atoms with Crippen molar-refractivity contribution in [3.05, 3.63) is 77.4 Å². The van der Waals surface area contributed by atoms with Crippen LogP contribution in [0.3, 0.4) is 0 Å². The molecule has 3 amide bonds. The molecule has 1 fully saturated rings. The summed E-state index contributed by atoms with van der Waals surface area (Å²) in [6, 6.07) is 19.1. The van der Waals surface area contributed by atoms with Crippen molar-refractivity contribution in [1.82, 2.24) is 10.2 Å². The Bertz CT molecular complexity index is 1210. The number of urea groups is 1. The molecule has 1 heterocycles. The predicted octanol–water partition coefficient (Wildman–Crippen LogP) is 3.54. The van der Waals surface area contributed by atoms with Crippen molar-refractivity contribution in [2.75, 3.05) is 13.2 Å². The van der Waals surface area contributed by atoms with Crippen LogP contribution >= 0.6 is 0 Å². The number of rotatable bonds is 6. The van der Waals surface area contributed by atoms with E-state index in [0.29, 0.717) is 5.75 Å². The summed E-state index contributed by atoms with van der Waals surface area (Å²) in [4.78, 5) is 26.9. The van der Waals surface area contributed by atoms with Gasteiger partial charge in [-0.1, -0.05) is 48.5 Å². The Balaban J connectivity index is 1.25. The van der Waals surface area contributed by atoms with Crippen molar-refractivity contribution in [1.29, 1.82) is 0 Å². The fourth-order valence-electron chi connectivity index (χ4n) is 4.65. The smallest absolute Gasteiger partial charge is 0.325 e. The van der Waals surface area contributed by atoms with E-state index in [0.717, 1.165) is 40.5 Å². The zero-order valence-corrected chi connectivity index (χ0v) is 18.0. The maximum atomic E-state index is 13.2. The molecule has 0 aromatic heterocycles. The minimum atomic E-state index is -1.13.